The molecule has 8 nitrogen and oxygen atoms in total. The van der Waals surface area contributed by atoms with Gasteiger partial charge < -0.3 is 32.4 Å². The summed E-state index contributed by atoms with van der Waals surface area (Å²) in [6.45, 7) is 17.4. The number of nitrogens with one attached hydrogen (secondary N) is 2. The normalized spacial score (nSPS) is 22.6. The van der Waals surface area contributed by atoms with Gasteiger partial charge in [-0.1, -0.05) is 25.7 Å². The van der Waals surface area contributed by atoms with Crippen LogP contribution in [0.4, 0.5) is 0 Å². The summed E-state index contributed by atoms with van der Waals surface area (Å²) >= 11 is 0. The molecular formula is C28H58N4O4. The van der Waals surface area contributed by atoms with Gasteiger partial charge in [0.1, 0.15) is 12.2 Å². The predicted molar refractivity (Wildman–Crippen MR) is 148 cm³/mol. The molecule has 0 radical (unpaired) electrons. The van der Waals surface area contributed by atoms with Gasteiger partial charge in [-0.3, -0.25) is 9.59 Å². The standard InChI is InChI=1S/C28H52N2O4.2H3N/c1-25(2)17-21(18-26(3,4)29-25)33-23(31)15-13-11-9-10-12-14-16-24(32)34-22-19-27(5,6)30-28(7,8)20-22;;/h21-22,29-30H,9-20H2,1-8H3;2*1H3. The highest BCUT2D eigenvalue weighted by molar-refractivity contribution is 5.69. The van der Waals surface area contributed by atoms with Crippen LogP contribution in [0.15, 0.2) is 0 Å². The number of carbonyl (C=O) groups is 2. The number of piperidine rings is 2. The Kier molecular flexibility index (Phi) is 13.6. The fraction of sp³-hybridized carbons (Fsp3) is 0.929. The first-order chi connectivity index (χ1) is 15.6. The molecule has 2 heterocycles. The van der Waals surface area contributed by atoms with Crippen molar-refractivity contribution < 1.29 is 19.1 Å². The van der Waals surface area contributed by atoms with Crippen molar-refractivity contribution >= 4 is 11.9 Å². The van der Waals surface area contributed by atoms with Crippen molar-refractivity contribution in [2.45, 2.75) is 167 Å². The lowest BCUT2D eigenvalue weighted by atomic mass is 9.81. The maximum atomic E-state index is 12.3. The SMILES string of the molecule is CC1(C)CC(OC(=O)CCCCCCCCC(=O)OC2CC(C)(C)NC(C)(C)C2)CC(C)(C)N1.N.N. The summed E-state index contributed by atoms with van der Waals surface area (Å²) in [7, 11) is 0. The van der Waals surface area contributed by atoms with E-state index in [-0.39, 0.29) is 58.6 Å². The van der Waals surface area contributed by atoms with Crippen LogP contribution in [0.25, 0.3) is 0 Å². The summed E-state index contributed by atoms with van der Waals surface area (Å²) in [5.74, 6) is -0.129. The van der Waals surface area contributed by atoms with E-state index < -0.39 is 0 Å². The summed E-state index contributed by atoms with van der Waals surface area (Å²) in [5.41, 5.74) is -0.0559. The van der Waals surface area contributed by atoms with Crippen LogP contribution >= 0.6 is 0 Å². The molecule has 0 spiro atoms. The van der Waals surface area contributed by atoms with E-state index in [2.05, 4.69) is 66.0 Å². The maximum absolute atomic E-state index is 12.3. The van der Waals surface area contributed by atoms with E-state index in [1.807, 2.05) is 0 Å². The van der Waals surface area contributed by atoms with Gasteiger partial charge in [-0.2, -0.15) is 0 Å². The molecule has 2 fully saturated rings. The van der Waals surface area contributed by atoms with Crippen LogP contribution in [0.2, 0.25) is 0 Å². The number of hydrogen-bond donors (Lipinski definition) is 4. The fourth-order valence-electron chi connectivity index (χ4n) is 6.36. The third-order valence-corrected chi connectivity index (χ3v) is 6.91. The Morgan fingerprint density at radius 2 is 0.806 bits per heavy atom. The van der Waals surface area contributed by atoms with Crippen molar-refractivity contribution in [1.82, 2.24) is 22.9 Å². The Labute approximate surface area is 221 Å². The minimum atomic E-state index is -0.0643. The topological polar surface area (TPSA) is 147 Å². The molecule has 0 unspecified atom stereocenters. The van der Waals surface area contributed by atoms with E-state index >= 15 is 0 Å². The van der Waals surface area contributed by atoms with Crippen LogP contribution in [0.5, 0.6) is 0 Å². The average molecular weight is 515 g/mol. The maximum Gasteiger partial charge on any atom is 0.306 e. The molecule has 2 rings (SSSR count). The summed E-state index contributed by atoms with van der Waals surface area (Å²) in [5, 5.41) is 7.25. The smallest absolute Gasteiger partial charge is 0.306 e. The third-order valence-electron chi connectivity index (χ3n) is 6.91. The highest BCUT2D eigenvalue weighted by Gasteiger charge is 2.40. The first-order valence-electron chi connectivity index (χ1n) is 13.5. The number of rotatable bonds is 11. The molecule has 0 aromatic heterocycles. The molecule has 36 heavy (non-hydrogen) atoms. The molecule has 0 saturated carbocycles. The van der Waals surface area contributed by atoms with Gasteiger partial charge in [-0.05, 0) is 68.2 Å². The van der Waals surface area contributed by atoms with Crippen LogP contribution in [0, 0.1) is 0 Å². The molecule has 0 amide bonds. The summed E-state index contributed by atoms with van der Waals surface area (Å²) in [4.78, 5) is 24.6. The van der Waals surface area contributed by atoms with E-state index in [9.17, 15) is 9.59 Å². The van der Waals surface area contributed by atoms with Crippen LogP contribution < -0.4 is 22.9 Å². The molecule has 8 N–H and O–H groups in total. The Morgan fingerprint density at radius 1 is 0.556 bits per heavy atom. The van der Waals surface area contributed by atoms with Crippen LogP contribution in [0.1, 0.15) is 132 Å². The highest BCUT2D eigenvalue weighted by Crippen LogP contribution is 2.31. The van der Waals surface area contributed by atoms with E-state index in [4.69, 9.17) is 9.47 Å². The second-order valence-corrected chi connectivity index (χ2v) is 13.4. The molecule has 8 heteroatoms. The molecule has 2 aliphatic rings. The number of esters is 2. The van der Waals surface area contributed by atoms with Crippen molar-refractivity contribution in [2.24, 2.45) is 0 Å². The summed E-state index contributed by atoms with van der Waals surface area (Å²) in [6, 6.07) is 0. The predicted octanol–water partition coefficient (Wildman–Crippen LogP) is 6.14. The number of ether oxygens (including phenoxy) is 2. The van der Waals surface area contributed by atoms with Crippen molar-refractivity contribution in [2.75, 3.05) is 0 Å². The molecular weight excluding hydrogens is 456 g/mol. The molecule has 2 aliphatic heterocycles. The Morgan fingerprint density at radius 3 is 1.08 bits per heavy atom. The molecule has 0 atom stereocenters. The second-order valence-electron chi connectivity index (χ2n) is 13.4. The molecule has 0 aromatic carbocycles. The van der Waals surface area contributed by atoms with Gasteiger partial charge in [0, 0.05) is 60.7 Å². The lowest BCUT2D eigenvalue weighted by molar-refractivity contribution is -0.154. The third kappa shape index (κ3) is 13.4. The van der Waals surface area contributed by atoms with Crippen molar-refractivity contribution in [1.29, 1.82) is 0 Å². The molecule has 2 saturated heterocycles. The minimum Gasteiger partial charge on any atom is -0.462 e. The van der Waals surface area contributed by atoms with Crippen LogP contribution in [-0.2, 0) is 19.1 Å². The minimum absolute atomic E-state index is 0. The van der Waals surface area contributed by atoms with Gasteiger partial charge in [0.25, 0.3) is 0 Å². The van der Waals surface area contributed by atoms with Crippen LogP contribution in [-0.4, -0.2) is 46.3 Å². The highest BCUT2D eigenvalue weighted by atomic mass is 16.5. The van der Waals surface area contributed by atoms with E-state index in [1.165, 1.54) is 0 Å². The van der Waals surface area contributed by atoms with Gasteiger partial charge in [-0.15, -0.1) is 0 Å². The van der Waals surface area contributed by atoms with E-state index in [0.29, 0.717) is 12.8 Å². The Hall–Kier alpha value is -1.22. The molecule has 0 aromatic rings. The number of carbonyl (C=O) groups excluding carboxylic acids is 2. The lowest BCUT2D eigenvalue weighted by Gasteiger charge is -2.46. The molecule has 0 aliphatic carbocycles. The zero-order chi connectivity index (χ0) is 25.6. The van der Waals surface area contributed by atoms with Gasteiger partial charge in [0.2, 0.25) is 0 Å². The van der Waals surface area contributed by atoms with E-state index in [0.717, 1.165) is 64.2 Å². The number of hydrogen-bond acceptors (Lipinski definition) is 8. The Bertz CT molecular complexity index is 601. The van der Waals surface area contributed by atoms with E-state index in [1.54, 1.807) is 0 Å². The van der Waals surface area contributed by atoms with Crippen molar-refractivity contribution in [3.05, 3.63) is 0 Å². The van der Waals surface area contributed by atoms with Crippen molar-refractivity contribution in [3.63, 3.8) is 0 Å². The van der Waals surface area contributed by atoms with Gasteiger partial charge in [0.05, 0.1) is 0 Å². The van der Waals surface area contributed by atoms with Crippen LogP contribution in [0.3, 0.4) is 0 Å². The summed E-state index contributed by atoms with van der Waals surface area (Å²) < 4.78 is 11.6. The fourth-order valence-corrected chi connectivity index (χ4v) is 6.36. The first-order valence-corrected chi connectivity index (χ1v) is 13.5. The van der Waals surface area contributed by atoms with Gasteiger partial charge in [0.15, 0.2) is 0 Å². The van der Waals surface area contributed by atoms with Gasteiger partial charge >= 0.3 is 11.9 Å². The average Bonchev–Trinajstić information content (AvgIpc) is 2.58. The quantitative estimate of drug-likeness (QED) is 0.190. The monoisotopic (exact) mass is 514 g/mol. The second kappa shape index (κ2) is 14.1. The molecule has 214 valence electrons. The zero-order valence-corrected chi connectivity index (χ0v) is 24.7. The molecule has 0 bridgehead atoms. The number of unbranched alkanes of at least 4 members (excludes halogenated alkanes) is 5. The van der Waals surface area contributed by atoms with Crippen molar-refractivity contribution in [3.8, 4) is 0 Å². The first kappa shape index (κ1) is 34.8. The van der Waals surface area contributed by atoms with Gasteiger partial charge in [-0.25, -0.2) is 0 Å². The summed E-state index contributed by atoms with van der Waals surface area (Å²) in [6.07, 6.45) is 10.4. The lowest BCUT2D eigenvalue weighted by Crippen LogP contribution is -2.59. The zero-order valence-electron chi connectivity index (χ0n) is 24.7. The largest absolute Gasteiger partial charge is 0.462 e. The Balaban J connectivity index is 0.00000612.